The highest BCUT2D eigenvalue weighted by Gasteiger charge is 2.37. The van der Waals surface area contributed by atoms with E-state index in [0.29, 0.717) is 22.9 Å². The van der Waals surface area contributed by atoms with Gasteiger partial charge >= 0.3 is 6.18 Å². The number of fused-ring (bicyclic) bond motifs is 1. The Morgan fingerprint density at radius 2 is 1.30 bits per heavy atom. The lowest BCUT2D eigenvalue weighted by molar-refractivity contribution is -0.142. The first kappa shape index (κ1) is 26.1. The zero-order valence-corrected chi connectivity index (χ0v) is 19.7. The molecule has 188 valence electrons. The summed E-state index contributed by atoms with van der Waals surface area (Å²) in [6.07, 6.45) is 0.236. The molecular weight excluding hydrogens is 486 g/mol. The Kier molecular flexibility index (Phi) is 7.73. The van der Waals surface area contributed by atoms with Crippen LogP contribution >= 0.6 is 0 Å². The lowest BCUT2D eigenvalue weighted by atomic mass is 9.98. The second-order valence-electron chi connectivity index (χ2n) is 8.69. The predicted octanol–water partition coefficient (Wildman–Crippen LogP) is 8.58. The average Bonchev–Trinajstić information content (AvgIpc) is 2.85. The number of aryl methyl sites for hydroxylation is 3. The highest BCUT2D eigenvalue weighted by molar-refractivity contribution is 5.85. The van der Waals surface area contributed by atoms with E-state index < -0.39 is 29.2 Å². The molecule has 6 heteroatoms. The minimum Gasteiger partial charge on any atom is -0.206 e. The highest BCUT2D eigenvalue weighted by Crippen LogP contribution is 2.34. The zero-order chi connectivity index (χ0) is 26.6. The van der Waals surface area contributed by atoms with Crippen molar-refractivity contribution in [3.05, 3.63) is 130 Å². The molecule has 0 amide bonds. The molecule has 0 bridgehead atoms. The first-order valence-electron chi connectivity index (χ1n) is 11.6. The molecule has 0 spiro atoms. The van der Waals surface area contributed by atoms with E-state index in [0.717, 1.165) is 31.2 Å². The van der Waals surface area contributed by atoms with Crippen molar-refractivity contribution in [2.45, 2.75) is 31.9 Å². The minimum absolute atomic E-state index is 0.0301. The molecule has 4 aromatic rings. The Morgan fingerprint density at radius 3 is 1.92 bits per heavy atom. The molecule has 37 heavy (non-hydrogen) atoms. The van der Waals surface area contributed by atoms with Gasteiger partial charge in [-0.15, -0.1) is 6.58 Å². The maximum Gasteiger partial charge on any atom is 0.422 e. The number of hydrogen-bond acceptors (Lipinski definition) is 0. The van der Waals surface area contributed by atoms with Crippen molar-refractivity contribution in [2.75, 3.05) is 0 Å². The number of rotatable bonds is 6. The van der Waals surface area contributed by atoms with Crippen molar-refractivity contribution in [1.82, 2.24) is 0 Å². The Bertz CT molecular complexity index is 1480. The van der Waals surface area contributed by atoms with E-state index in [2.05, 4.69) is 42.7 Å². The number of benzene rings is 4. The molecule has 0 atom stereocenters. The predicted molar refractivity (Wildman–Crippen MR) is 134 cm³/mol. The highest BCUT2D eigenvalue weighted by atomic mass is 19.4. The third-order valence-corrected chi connectivity index (χ3v) is 6.05. The average molecular weight is 509 g/mol. The summed E-state index contributed by atoms with van der Waals surface area (Å²) in [5.74, 6) is 0.663. The Balaban J connectivity index is 1.50. The van der Waals surface area contributed by atoms with Crippen LogP contribution in [0.5, 0.6) is 0 Å². The quantitative estimate of drug-likeness (QED) is 0.139. The Hall–Kier alpha value is -3.98. The van der Waals surface area contributed by atoms with E-state index in [1.54, 1.807) is 12.1 Å². The van der Waals surface area contributed by atoms with Crippen molar-refractivity contribution in [1.29, 1.82) is 0 Å². The molecule has 4 aromatic carbocycles. The molecule has 0 aromatic heterocycles. The maximum absolute atomic E-state index is 15.1. The molecule has 0 aliphatic rings. The van der Waals surface area contributed by atoms with Crippen LogP contribution in [-0.2, 0) is 25.4 Å². The lowest BCUT2D eigenvalue weighted by Gasteiger charge is -2.09. The molecule has 0 N–H and O–H groups in total. The molecule has 0 aliphatic heterocycles. The fourth-order valence-corrected chi connectivity index (χ4v) is 4.08. The summed E-state index contributed by atoms with van der Waals surface area (Å²) in [4.78, 5) is 0. The van der Waals surface area contributed by atoms with Crippen LogP contribution in [0.15, 0.2) is 79.4 Å². The molecule has 0 saturated heterocycles. The summed E-state index contributed by atoms with van der Waals surface area (Å²) in [7, 11) is 0. The summed E-state index contributed by atoms with van der Waals surface area (Å²) in [5.41, 5.74) is 1.17. The van der Waals surface area contributed by atoms with E-state index in [1.165, 1.54) is 17.2 Å². The third kappa shape index (κ3) is 6.24. The summed E-state index contributed by atoms with van der Waals surface area (Å²) in [6.45, 7) is 3.74. The van der Waals surface area contributed by atoms with Crippen molar-refractivity contribution >= 4 is 10.8 Å². The zero-order valence-electron chi connectivity index (χ0n) is 19.7. The monoisotopic (exact) mass is 508 g/mol. The van der Waals surface area contributed by atoms with Gasteiger partial charge in [0.25, 0.3) is 0 Å². The summed E-state index contributed by atoms with van der Waals surface area (Å²) in [6, 6.07) is 17.9. The van der Waals surface area contributed by atoms with Gasteiger partial charge in [-0.2, -0.15) is 13.2 Å². The standard InChI is InChI=1S/C31H22F6/c1-2-3-4-20-5-7-21(8-6-20)9-10-22-12-16-26-25(17-22)15-14-24(30(26)34)13-11-23-18-27(32)29(28(33)19-23)31(35,36)37/h2,5-8,12,14-19H,1,3-4,9-10H2. The smallest absolute Gasteiger partial charge is 0.206 e. The van der Waals surface area contributed by atoms with Crippen LogP contribution in [0.4, 0.5) is 26.3 Å². The van der Waals surface area contributed by atoms with Gasteiger partial charge in [0.1, 0.15) is 23.0 Å². The topological polar surface area (TPSA) is 0 Å². The van der Waals surface area contributed by atoms with Crippen LogP contribution in [0, 0.1) is 29.3 Å². The SMILES string of the molecule is C=CCCc1ccc(CCc2ccc3c(F)c(C#Cc4cc(F)c(C(F)(F)F)c(F)c4)ccc3c2)cc1. The number of allylic oxidation sites excluding steroid dienone is 1. The van der Waals surface area contributed by atoms with Gasteiger partial charge in [-0.05, 0) is 66.0 Å². The van der Waals surface area contributed by atoms with Crippen molar-refractivity contribution in [2.24, 2.45) is 0 Å². The van der Waals surface area contributed by atoms with E-state index in [-0.39, 0.29) is 11.1 Å². The van der Waals surface area contributed by atoms with Crippen molar-refractivity contribution in [3.8, 4) is 11.8 Å². The summed E-state index contributed by atoms with van der Waals surface area (Å²) in [5, 5.41) is 0.999. The van der Waals surface area contributed by atoms with Crippen molar-refractivity contribution < 1.29 is 26.3 Å². The number of alkyl halides is 3. The van der Waals surface area contributed by atoms with Gasteiger partial charge in [0.05, 0.1) is 5.56 Å². The van der Waals surface area contributed by atoms with Crippen LogP contribution < -0.4 is 0 Å². The fourth-order valence-electron chi connectivity index (χ4n) is 4.08. The van der Waals surface area contributed by atoms with Gasteiger partial charge in [-0.25, -0.2) is 13.2 Å². The van der Waals surface area contributed by atoms with Crippen LogP contribution in [0.3, 0.4) is 0 Å². The van der Waals surface area contributed by atoms with Gasteiger partial charge in [0.15, 0.2) is 0 Å². The van der Waals surface area contributed by atoms with E-state index in [9.17, 15) is 22.0 Å². The van der Waals surface area contributed by atoms with Crippen LogP contribution in [0.1, 0.15) is 39.8 Å². The van der Waals surface area contributed by atoms with Crippen LogP contribution in [0.2, 0.25) is 0 Å². The van der Waals surface area contributed by atoms with E-state index in [4.69, 9.17) is 0 Å². The molecule has 0 radical (unpaired) electrons. The van der Waals surface area contributed by atoms with Gasteiger partial charge < -0.3 is 0 Å². The summed E-state index contributed by atoms with van der Waals surface area (Å²) >= 11 is 0. The molecule has 0 fully saturated rings. The molecule has 0 saturated carbocycles. The normalized spacial score (nSPS) is 11.3. The van der Waals surface area contributed by atoms with Crippen LogP contribution in [0.25, 0.3) is 10.8 Å². The van der Waals surface area contributed by atoms with E-state index >= 15 is 4.39 Å². The molecule has 0 unspecified atom stereocenters. The van der Waals surface area contributed by atoms with Gasteiger partial charge in [-0.1, -0.05) is 66.4 Å². The Labute approximate surface area is 211 Å². The van der Waals surface area contributed by atoms with Crippen molar-refractivity contribution in [3.63, 3.8) is 0 Å². The Morgan fingerprint density at radius 1 is 0.703 bits per heavy atom. The lowest BCUT2D eigenvalue weighted by Crippen LogP contribution is -2.11. The largest absolute Gasteiger partial charge is 0.422 e. The first-order valence-corrected chi connectivity index (χ1v) is 11.6. The van der Waals surface area contributed by atoms with Crippen LogP contribution in [-0.4, -0.2) is 0 Å². The second-order valence-corrected chi connectivity index (χ2v) is 8.69. The van der Waals surface area contributed by atoms with Gasteiger partial charge in [-0.3, -0.25) is 0 Å². The molecule has 0 heterocycles. The molecule has 0 nitrogen and oxygen atoms in total. The maximum atomic E-state index is 15.1. The molecule has 4 rings (SSSR count). The number of halogens is 6. The minimum atomic E-state index is -5.17. The second kappa shape index (κ2) is 11.0. The summed E-state index contributed by atoms with van der Waals surface area (Å²) < 4.78 is 80.8. The van der Waals surface area contributed by atoms with Gasteiger partial charge in [0.2, 0.25) is 0 Å². The van der Waals surface area contributed by atoms with E-state index in [1.807, 2.05) is 18.2 Å². The van der Waals surface area contributed by atoms with Gasteiger partial charge in [0, 0.05) is 10.9 Å². The third-order valence-electron chi connectivity index (χ3n) is 6.05. The fraction of sp³-hybridized carbons (Fsp3) is 0.161. The molecule has 0 aliphatic carbocycles. The molecular formula is C31H22F6. The number of hydrogen-bond donors (Lipinski definition) is 0. The first-order chi connectivity index (χ1) is 17.7.